The van der Waals surface area contributed by atoms with Gasteiger partial charge in [-0.3, -0.25) is 14.4 Å². The maximum absolute atomic E-state index is 12.8. The van der Waals surface area contributed by atoms with E-state index in [2.05, 4.69) is 9.97 Å². The number of carbonyl (C=O) groups is 1. The number of rotatable bonds is 2. The van der Waals surface area contributed by atoms with E-state index in [4.69, 9.17) is 0 Å². The molecule has 0 amide bonds. The van der Waals surface area contributed by atoms with Crippen LogP contribution in [-0.2, 0) is 0 Å². The number of pyridine rings is 2. The number of phenols is 2. The SMILES string of the molecule is O=C(c1cc2cccc(O)c2[nH]c1=O)c1cc2cccc(O)c2[nH]c1=O. The number of hydrogen-bond acceptors (Lipinski definition) is 5. The number of aromatic hydroxyl groups is 2. The number of para-hydroxylation sites is 2. The van der Waals surface area contributed by atoms with E-state index in [0.29, 0.717) is 10.8 Å². The molecule has 0 saturated heterocycles. The quantitative estimate of drug-likeness (QED) is 0.413. The number of aromatic nitrogens is 2. The molecule has 0 saturated carbocycles. The minimum atomic E-state index is -0.747. The Balaban J connectivity index is 1.94. The summed E-state index contributed by atoms with van der Waals surface area (Å²) in [6.45, 7) is 0. The predicted octanol–water partition coefficient (Wildman–Crippen LogP) is 2.01. The average molecular weight is 348 g/mol. The van der Waals surface area contributed by atoms with Crippen LogP contribution in [0.25, 0.3) is 21.8 Å². The van der Waals surface area contributed by atoms with Crippen molar-refractivity contribution in [2.45, 2.75) is 0 Å². The van der Waals surface area contributed by atoms with Crippen LogP contribution in [0.3, 0.4) is 0 Å². The topological polar surface area (TPSA) is 123 Å². The fraction of sp³-hybridized carbons (Fsp3) is 0. The van der Waals surface area contributed by atoms with Crippen molar-refractivity contribution in [3.05, 3.63) is 80.4 Å². The molecule has 2 heterocycles. The van der Waals surface area contributed by atoms with Crippen LogP contribution in [0.4, 0.5) is 0 Å². The first kappa shape index (κ1) is 15.6. The van der Waals surface area contributed by atoms with Crippen molar-refractivity contribution in [3.8, 4) is 11.5 Å². The lowest BCUT2D eigenvalue weighted by Gasteiger charge is -2.06. The highest BCUT2D eigenvalue weighted by Gasteiger charge is 2.19. The normalized spacial score (nSPS) is 11.1. The van der Waals surface area contributed by atoms with Crippen molar-refractivity contribution < 1.29 is 15.0 Å². The molecule has 7 nitrogen and oxygen atoms in total. The standard InChI is InChI=1S/C19H12N2O5/c22-13-5-1-3-9-7-11(18(25)20-15(9)13)17(24)12-8-10-4-2-6-14(23)16(10)21-19(12)26/h1-8,22-23H,(H,20,25)(H,21,26). The van der Waals surface area contributed by atoms with Crippen LogP contribution >= 0.6 is 0 Å². The summed E-state index contributed by atoms with van der Waals surface area (Å²) in [5.41, 5.74) is -1.42. The predicted molar refractivity (Wildman–Crippen MR) is 95.9 cm³/mol. The summed E-state index contributed by atoms with van der Waals surface area (Å²) in [6.07, 6.45) is 0. The van der Waals surface area contributed by atoms with Crippen molar-refractivity contribution in [3.63, 3.8) is 0 Å². The number of H-pyrrole nitrogens is 2. The van der Waals surface area contributed by atoms with Gasteiger partial charge in [-0.1, -0.05) is 24.3 Å². The maximum Gasteiger partial charge on any atom is 0.259 e. The summed E-state index contributed by atoms with van der Waals surface area (Å²) >= 11 is 0. The van der Waals surface area contributed by atoms with Crippen LogP contribution in [0, 0.1) is 0 Å². The van der Waals surface area contributed by atoms with Gasteiger partial charge in [0, 0.05) is 10.8 Å². The molecular formula is C19H12N2O5. The third-order valence-electron chi connectivity index (χ3n) is 4.20. The molecule has 4 rings (SSSR count). The first-order valence-corrected chi connectivity index (χ1v) is 7.70. The molecule has 0 aliphatic rings. The number of ketones is 1. The van der Waals surface area contributed by atoms with Crippen LogP contribution in [0.5, 0.6) is 11.5 Å². The van der Waals surface area contributed by atoms with E-state index < -0.39 is 16.9 Å². The molecular weight excluding hydrogens is 336 g/mol. The summed E-state index contributed by atoms with van der Waals surface area (Å²) in [6, 6.07) is 11.9. The second-order valence-corrected chi connectivity index (χ2v) is 5.84. The highest BCUT2D eigenvalue weighted by atomic mass is 16.3. The second kappa shape index (κ2) is 5.59. The molecule has 0 bridgehead atoms. The average Bonchev–Trinajstić information content (AvgIpc) is 2.62. The summed E-state index contributed by atoms with van der Waals surface area (Å²) in [4.78, 5) is 42.3. The molecule has 2 aromatic carbocycles. The second-order valence-electron chi connectivity index (χ2n) is 5.84. The smallest absolute Gasteiger partial charge is 0.259 e. The van der Waals surface area contributed by atoms with Crippen molar-refractivity contribution in [2.24, 2.45) is 0 Å². The highest BCUT2D eigenvalue weighted by Crippen LogP contribution is 2.23. The number of aromatic amines is 2. The van der Waals surface area contributed by atoms with Crippen molar-refractivity contribution in [1.29, 1.82) is 0 Å². The van der Waals surface area contributed by atoms with Gasteiger partial charge >= 0.3 is 0 Å². The molecule has 0 aliphatic heterocycles. The Morgan fingerprint density at radius 3 is 1.58 bits per heavy atom. The molecule has 2 aromatic heterocycles. The van der Waals surface area contributed by atoms with Crippen LogP contribution in [0.15, 0.2) is 58.1 Å². The van der Waals surface area contributed by atoms with Gasteiger partial charge in [-0.05, 0) is 24.3 Å². The molecule has 128 valence electrons. The van der Waals surface area contributed by atoms with E-state index in [0.717, 1.165) is 0 Å². The van der Waals surface area contributed by atoms with Crippen molar-refractivity contribution >= 4 is 27.6 Å². The maximum atomic E-state index is 12.8. The van der Waals surface area contributed by atoms with Crippen molar-refractivity contribution in [1.82, 2.24) is 9.97 Å². The van der Waals surface area contributed by atoms with Crippen LogP contribution < -0.4 is 11.1 Å². The number of benzene rings is 2. The fourth-order valence-corrected chi connectivity index (χ4v) is 2.91. The molecule has 4 aromatic rings. The molecule has 0 spiro atoms. The first-order chi connectivity index (χ1) is 12.5. The third kappa shape index (κ3) is 2.34. The van der Waals surface area contributed by atoms with Crippen LogP contribution in [0.1, 0.15) is 15.9 Å². The lowest BCUT2D eigenvalue weighted by Crippen LogP contribution is -2.24. The minimum absolute atomic E-state index is 0.113. The Morgan fingerprint density at radius 1 is 0.731 bits per heavy atom. The minimum Gasteiger partial charge on any atom is -0.506 e. The molecule has 26 heavy (non-hydrogen) atoms. The van der Waals surface area contributed by atoms with E-state index in [1.807, 2.05) is 0 Å². The lowest BCUT2D eigenvalue weighted by molar-refractivity contribution is 0.103. The molecule has 0 radical (unpaired) electrons. The summed E-state index contributed by atoms with van der Waals surface area (Å²) in [5.74, 6) is -0.974. The molecule has 0 unspecified atom stereocenters. The zero-order valence-electron chi connectivity index (χ0n) is 13.2. The highest BCUT2D eigenvalue weighted by molar-refractivity contribution is 6.11. The van der Waals surface area contributed by atoms with Gasteiger partial charge in [-0.25, -0.2) is 0 Å². The van der Waals surface area contributed by atoms with Gasteiger partial charge in [-0.2, -0.15) is 0 Å². The Hall–Kier alpha value is -3.87. The number of hydrogen-bond donors (Lipinski definition) is 4. The lowest BCUT2D eigenvalue weighted by atomic mass is 10.0. The Kier molecular flexibility index (Phi) is 3.37. The first-order valence-electron chi connectivity index (χ1n) is 7.70. The number of fused-ring (bicyclic) bond motifs is 2. The van der Waals surface area contributed by atoms with E-state index in [1.54, 1.807) is 24.3 Å². The van der Waals surface area contributed by atoms with Gasteiger partial charge in [0.1, 0.15) is 11.5 Å². The zero-order chi connectivity index (χ0) is 18.4. The van der Waals surface area contributed by atoms with Crippen molar-refractivity contribution in [2.75, 3.05) is 0 Å². The van der Waals surface area contributed by atoms with Crippen LogP contribution in [0.2, 0.25) is 0 Å². The zero-order valence-corrected chi connectivity index (χ0v) is 13.2. The molecule has 0 aliphatic carbocycles. The summed E-state index contributed by atoms with van der Waals surface area (Å²) in [7, 11) is 0. The number of carbonyl (C=O) groups excluding carboxylic acids is 1. The fourth-order valence-electron chi connectivity index (χ4n) is 2.91. The molecule has 0 fully saturated rings. The molecule has 4 N–H and O–H groups in total. The Bertz CT molecular complexity index is 1220. The van der Waals surface area contributed by atoms with Crippen LogP contribution in [-0.4, -0.2) is 26.0 Å². The number of phenolic OH excluding ortho intramolecular Hbond substituents is 2. The molecule has 7 heteroatoms. The van der Waals surface area contributed by atoms with Gasteiger partial charge in [-0.15, -0.1) is 0 Å². The monoisotopic (exact) mass is 348 g/mol. The Morgan fingerprint density at radius 2 is 1.15 bits per heavy atom. The van der Waals surface area contributed by atoms with Gasteiger partial charge in [0.15, 0.2) is 0 Å². The van der Waals surface area contributed by atoms with E-state index in [9.17, 15) is 24.6 Å². The largest absolute Gasteiger partial charge is 0.506 e. The Labute approximate surface area is 145 Å². The summed E-state index contributed by atoms with van der Waals surface area (Å²) < 4.78 is 0. The van der Waals surface area contributed by atoms with Gasteiger partial charge in [0.05, 0.1) is 22.2 Å². The van der Waals surface area contributed by atoms with Gasteiger partial charge in [0.25, 0.3) is 11.1 Å². The van der Waals surface area contributed by atoms with E-state index >= 15 is 0 Å². The summed E-state index contributed by atoms with van der Waals surface area (Å²) in [5, 5.41) is 20.5. The van der Waals surface area contributed by atoms with E-state index in [1.165, 1.54) is 24.3 Å². The number of nitrogens with one attached hydrogen (secondary N) is 2. The van der Waals surface area contributed by atoms with E-state index in [-0.39, 0.29) is 33.7 Å². The van der Waals surface area contributed by atoms with Gasteiger partial charge in [0.2, 0.25) is 5.78 Å². The van der Waals surface area contributed by atoms with Gasteiger partial charge < -0.3 is 20.2 Å². The third-order valence-corrected chi connectivity index (χ3v) is 4.20. The molecule has 0 atom stereocenters.